The van der Waals surface area contributed by atoms with Crippen LogP contribution in [0.1, 0.15) is 78.1 Å². The summed E-state index contributed by atoms with van der Waals surface area (Å²) in [5.41, 5.74) is -2.03. The highest BCUT2D eigenvalue weighted by Crippen LogP contribution is 2.73. The molecule has 10 rings (SSSR count). The predicted molar refractivity (Wildman–Crippen MR) is 303 cm³/mol. The van der Waals surface area contributed by atoms with Crippen molar-refractivity contribution in [3.05, 3.63) is 12.2 Å². The smallest absolute Gasteiger partial charge is 0.314 e. The van der Waals surface area contributed by atoms with E-state index in [1.54, 1.807) is 0 Å². The summed E-state index contributed by atoms with van der Waals surface area (Å²) in [5, 5.41) is 214. The molecule has 6 aliphatic heterocycles. The molecule has 4 saturated carbocycles. The van der Waals surface area contributed by atoms with Gasteiger partial charge in [0.05, 0.1) is 70.8 Å². The van der Waals surface area contributed by atoms with Gasteiger partial charge in [-0.25, -0.2) is 0 Å². The zero-order valence-electron chi connectivity index (χ0n) is 51.9. The molecule has 10 aliphatic rings. The van der Waals surface area contributed by atoms with Crippen LogP contribution >= 0.6 is 0 Å². The Labute approximate surface area is 535 Å². The summed E-state index contributed by atoms with van der Waals surface area (Å²) in [6.45, 7) is 2.38. The van der Waals surface area contributed by atoms with Gasteiger partial charge in [0.15, 0.2) is 25.2 Å². The van der Waals surface area contributed by atoms with Crippen LogP contribution in [0.5, 0.6) is 0 Å². The summed E-state index contributed by atoms with van der Waals surface area (Å²) in [6, 6.07) is 0. The Morgan fingerprint density at radius 2 is 0.882 bits per heavy atom. The highest BCUT2D eigenvalue weighted by atomic mass is 16.8. The zero-order valence-corrected chi connectivity index (χ0v) is 51.9. The Bertz CT molecular complexity index is 2470. The van der Waals surface area contributed by atoms with E-state index in [2.05, 4.69) is 13.5 Å². The summed E-state index contributed by atoms with van der Waals surface area (Å²) >= 11 is 0. The average Bonchev–Trinajstić information content (AvgIpc) is 0.694. The monoisotopic (exact) mass is 1350 g/mol. The van der Waals surface area contributed by atoms with Crippen LogP contribution in [0.15, 0.2) is 12.2 Å². The first-order valence-electron chi connectivity index (χ1n) is 32.3. The van der Waals surface area contributed by atoms with Crippen molar-refractivity contribution in [2.24, 2.45) is 39.4 Å². The zero-order chi connectivity index (χ0) is 67.6. The van der Waals surface area contributed by atoms with Crippen LogP contribution in [0.3, 0.4) is 0 Å². The van der Waals surface area contributed by atoms with Crippen molar-refractivity contribution in [1.82, 2.24) is 0 Å². The van der Waals surface area contributed by atoms with E-state index in [9.17, 15) is 102 Å². The normalized spacial score (nSPS) is 52.8. The first-order valence-corrected chi connectivity index (χ1v) is 32.3. The van der Waals surface area contributed by atoms with Gasteiger partial charge in [0.25, 0.3) is 0 Å². The van der Waals surface area contributed by atoms with Gasteiger partial charge in [-0.3, -0.25) is 4.79 Å². The highest BCUT2D eigenvalue weighted by molar-refractivity contribution is 5.77. The molecule has 2 bridgehead atoms. The van der Waals surface area contributed by atoms with E-state index in [0.29, 0.717) is 57.8 Å². The van der Waals surface area contributed by atoms with Crippen molar-refractivity contribution in [3.8, 4) is 0 Å². The molecule has 4 aliphatic carbocycles. The number of aliphatic hydroxyl groups is 20. The van der Waals surface area contributed by atoms with Gasteiger partial charge in [0.2, 0.25) is 6.29 Å². The number of hydrogen-bond donors (Lipinski definition) is 20. The summed E-state index contributed by atoms with van der Waals surface area (Å²) in [6.07, 6.45) is -44.5. The molecule has 20 N–H and O–H groups in total. The standard InChI is InChI=1S/C60H98O33/c1-23-5-10-59-11-6-32-57(2,33(59)7-12-60(23,21-59)22-83-55-50(92-54-47(80)44(77)37(70)28(16-64)88-54)49(40(73)30(18-66)89-55)91-53-46(79)43(76)36(69)27(15-63)87-53)8-4-9-58(32,3)56(81)93-51-24(19-82-20-31-38(71)41(74)34(67)25(13-61)84-31)48(39(72)29(17-65)85-51)90-52-45(78)42(75)35(68)26(14-62)86-52/h24-55,61-80H,1,4-22H2,2-3H3/t24?,25?,26?,27?,28?,29?,30?,31?,32?,33-,34?,35?,36?,37?,38?,39?,40?,41?,42?,43?,44?,45?,46?,47?,48?,49?,50?,51?,52?,53?,54?,55?,57+,58+,59-,60?/m0/s1. The SMILES string of the molecule is C=C1CC[C@@]23CCC4[C@](C)(C(=O)OC5OC(CO)C(O)C(OC6OC(CO)C(O)C(O)C6O)C5COCC5OC(CO)C(O)C(O)C5O)CCC[C@@]4(C)[C@@H]2CCC1(COC1OC(CO)C(O)C(OC2OC(CO)C(O)C(O)C2O)C1OC1OC(CO)C(O)C(O)C1O)C3. The second-order valence-corrected chi connectivity index (χ2v) is 28.0. The Morgan fingerprint density at radius 3 is 1.41 bits per heavy atom. The third-order valence-corrected chi connectivity index (χ3v) is 22.7. The Kier molecular flexibility index (Phi) is 23.5. The summed E-state index contributed by atoms with van der Waals surface area (Å²) in [5.74, 6) is -2.42. The summed E-state index contributed by atoms with van der Waals surface area (Å²) < 4.78 is 72.8. The number of aliphatic hydroxyl groups excluding tert-OH is 20. The van der Waals surface area contributed by atoms with Gasteiger partial charge in [-0.2, -0.15) is 0 Å². The molecule has 536 valence electrons. The maximum Gasteiger partial charge on any atom is 0.314 e. The van der Waals surface area contributed by atoms with E-state index < -0.39 is 259 Å². The number of esters is 1. The first kappa shape index (κ1) is 73.7. The van der Waals surface area contributed by atoms with Crippen LogP contribution in [-0.4, -0.2) is 346 Å². The third kappa shape index (κ3) is 13.6. The number of carbonyl (C=O) groups is 1. The van der Waals surface area contributed by atoms with Crippen molar-refractivity contribution in [2.45, 2.75) is 256 Å². The van der Waals surface area contributed by atoms with Crippen LogP contribution in [0, 0.1) is 39.4 Å². The second kappa shape index (κ2) is 29.7. The van der Waals surface area contributed by atoms with E-state index in [0.717, 1.165) is 12.0 Å². The number of rotatable bonds is 21. The maximum atomic E-state index is 15.4. The molecule has 0 amide bonds. The molecule has 33 nitrogen and oxygen atoms in total. The van der Waals surface area contributed by atoms with Crippen molar-refractivity contribution in [1.29, 1.82) is 0 Å². The first-order chi connectivity index (χ1) is 44.1. The van der Waals surface area contributed by atoms with Crippen molar-refractivity contribution in [3.63, 3.8) is 0 Å². The lowest BCUT2D eigenvalue weighted by molar-refractivity contribution is -0.393. The molecule has 33 heteroatoms. The van der Waals surface area contributed by atoms with E-state index >= 15 is 4.79 Å². The lowest BCUT2D eigenvalue weighted by Crippen LogP contribution is -2.67. The molecule has 6 heterocycles. The molecule has 0 aromatic carbocycles. The van der Waals surface area contributed by atoms with Gasteiger partial charge in [0, 0.05) is 5.41 Å². The number of carbonyl (C=O) groups excluding carboxylic acids is 1. The number of fused-ring (bicyclic) bond motifs is 3. The van der Waals surface area contributed by atoms with Crippen LogP contribution in [-0.2, 0) is 61.6 Å². The predicted octanol–water partition coefficient (Wildman–Crippen LogP) is -8.54. The molecule has 6 saturated heterocycles. The molecule has 36 atom stereocenters. The molecule has 32 unspecified atom stereocenters. The van der Waals surface area contributed by atoms with Crippen LogP contribution in [0.2, 0.25) is 0 Å². The molecular formula is C60H98O33. The van der Waals surface area contributed by atoms with Crippen molar-refractivity contribution < 1.29 is 164 Å². The van der Waals surface area contributed by atoms with Crippen LogP contribution in [0.4, 0.5) is 0 Å². The summed E-state index contributed by atoms with van der Waals surface area (Å²) in [7, 11) is 0. The molecule has 10 fully saturated rings. The average molecular weight is 1350 g/mol. The highest BCUT2D eigenvalue weighted by Gasteiger charge is 2.68. The minimum absolute atomic E-state index is 0.00411. The lowest BCUT2D eigenvalue weighted by atomic mass is 9.36. The van der Waals surface area contributed by atoms with E-state index in [4.69, 9.17) is 56.8 Å². The van der Waals surface area contributed by atoms with E-state index in [1.165, 1.54) is 0 Å². The molecule has 1 spiro atoms. The largest absolute Gasteiger partial charge is 0.435 e. The van der Waals surface area contributed by atoms with Gasteiger partial charge in [0.1, 0.15) is 146 Å². The minimum atomic E-state index is -2.00. The number of ether oxygens (including phenoxy) is 12. The molecular weight excluding hydrogens is 1250 g/mol. The van der Waals surface area contributed by atoms with Crippen LogP contribution < -0.4 is 0 Å². The minimum Gasteiger partial charge on any atom is -0.435 e. The number of hydrogen-bond acceptors (Lipinski definition) is 33. The Hall–Kier alpha value is -2.03. The third-order valence-electron chi connectivity index (χ3n) is 22.7. The summed E-state index contributed by atoms with van der Waals surface area (Å²) in [4.78, 5) is 15.4. The van der Waals surface area contributed by atoms with Crippen LogP contribution in [0.25, 0.3) is 0 Å². The Morgan fingerprint density at radius 1 is 0.452 bits per heavy atom. The van der Waals surface area contributed by atoms with Gasteiger partial charge in [-0.1, -0.05) is 25.5 Å². The van der Waals surface area contributed by atoms with Gasteiger partial charge in [-0.05, 0) is 87.4 Å². The van der Waals surface area contributed by atoms with Gasteiger partial charge in [-0.15, -0.1) is 0 Å². The van der Waals surface area contributed by atoms with E-state index in [1.807, 2.05) is 6.92 Å². The molecule has 0 aromatic heterocycles. The maximum absolute atomic E-state index is 15.4. The molecule has 93 heavy (non-hydrogen) atoms. The van der Waals surface area contributed by atoms with E-state index in [-0.39, 0.29) is 23.9 Å². The molecule has 0 aromatic rings. The fourth-order valence-electron chi connectivity index (χ4n) is 17.3. The van der Waals surface area contributed by atoms with Gasteiger partial charge < -0.3 is 159 Å². The fourth-order valence-corrected chi connectivity index (χ4v) is 17.3. The van der Waals surface area contributed by atoms with Gasteiger partial charge >= 0.3 is 5.97 Å². The second-order valence-electron chi connectivity index (χ2n) is 28.0. The lowest BCUT2D eigenvalue weighted by Gasteiger charge is -2.68. The molecule has 0 radical (unpaired) electrons. The quantitative estimate of drug-likeness (QED) is 0.0375. The topological polar surface area (TPSA) is 532 Å². The Balaban J connectivity index is 0.891. The van der Waals surface area contributed by atoms with Crippen molar-refractivity contribution >= 4 is 5.97 Å². The van der Waals surface area contributed by atoms with Crippen molar-refractivity contribution in [2.75, 3.05) is 59.5 Å². The fraction of sp³-hybridized carbons (Fsp3) is 0.950.